The van der Waals surface area contributed by atoms with Crippen LogP contribution in [0.3, 0.4) is 0 Å². The first-order chi connectivity index (χ1) is 9.24. The number of hydrogen-bond donors (Lipinski definition) is 2. The number of benzene rings is 1. The number of rotatable bonds is 8. The highest BCUT2D eigenvalue weighted by Crippen LogP contribution is 2.42. The molecule has 2 nitrogen and oxygen atoms in total. The van der Waals surface area contributed by atoms with E-state index in [1.165, 1.54) is 31.2 Å². The Morgan fingerprint density at radius 2 is 2.00 bits per heavy atom. The van der Waals surface area contributed by atoms with E-state index in [0.717, 1.165) is 25.9 Å². The van der Waals surface area contributed by atoms with Crippen molar-refractivity contribution in [1.82, 2.24) is 5.32 Å². The Labute approximate surface area is 117 Å². The Hall–Kier alpha value is -0.860. The lowest BCUT2D eigenvalue weighted by atomic mass is 9.67. The quantitative estimate of drug-likeness (QED) is 0.753. The van der Waals surface area contributed by atoms with Crippen molar-refractivity contribution in [2.75, 3.05) is 13.1 Å². The molecule has 1 atom stereocenters. The van der Waals surface area contributed by atoms with Crippen LogP contribution in [0.25, 0.3) is 0 Å². The molecule has 0 radical (unpaired) electrons. The molecular weight excluding hydrogens is 232 g/mol. The van der Waals surface area contributed by atoms with E-state index in [1.54, 1.807) is 0 Å². The second kappa shape index (κ2) is 7.06. The first-order valence-corrected chi connectivity index (χ1v) is 7.74. The molecule has 1 fully saturated rings. The zero-order valence-electron chi connectivity index (χ0n) is 12.2. The Morgan fingerprint density at radius 1 is 1.26 bits per heavy atom. The minimum Gasteiger partial charge on any atom is -0.327 e. The van der Waals surface area contributed by atoms with Gasteiger partial charge in [-0.1, -0.05) is 43.7 Å². The van der Waals surface area contributed by atoms with E-state index in [9.17, 15) is 0 Å². The molecule has 19 heavy (non-hydrogen) atoms. The predicted octanol–water partition coefficient (Wildman–Crippen LogP) is 3.12. The van der Waals surface area contributed by atoms with Gasteiger partial charge in [0.15, 0.2) is 0 Å². The molecule has 0 spiro atoms. The van der Waals surface area contributed by atoms with Gasteiger partial charge in [-0.15, -0.1) is 0 Å². The molecule has 1 aromatic carbocycles. The molecule has 0 aromatic heterocycles. The molecule has 106 valence electrons. The lowest BCUT2D eigenvalue weighted by Gasteiger charge is -2.41. The Bertz CT molecular complexity index is 351. The van der Waals surface area contributed by atoms with Crippen molar-refractivity contribution in [2.45, 2.75) is 51.5 Å². The molecule has 0 aliphatic heterocycles. The standard InChI is InChI=1S/C17H28N2/c1-2-17(11-6-12-17)14-19-13-16(18)10-9-15-7-4-3-5-8-15/h3-5,7-8,16,19H,2,6,9-14,18H2,1H3. The van der Waals surface area contributed by atoms with Crippen LogP contribution in [-0.4, -0.2) is 19.1 Å². The summed E-state index contributed by atoms with van der Waals surface area (Å²) < 4.78 is 0. The van der Waals surface area contributed by atoms with Crippen molar-refractivity contribution < 1.29 is 0 Å². The second-order valence-electron chi connectivity index (χ2n) is 6.12. The molecule has 1 saturated carbocycles. The van der Waals surface area contributed by atoms with E-state index in [1.807, 2.05) is 0 Å². The zero-order chi connectivity index (χ0) is 13.6. The monoisotopic (exact) mass is 260 g/mol. The van der Waals surface area contributed by atoms with E-state index in [2.05, 4.69) is 42.6 Å². The van der Waals surface area contributed by atoms with Gasteiger partial charge >= 0.3 is 0 Å². The van der Waals surface area contributed by atoms with Crippen LogP contribution in [0.4, 0.5) is 0 Å². The largest absolute Gasteiger partial charge is 0.327 e. The van der Waals surface area contributed by atoms with Gasteiger partial charge in [0.05, 0.1) is 0 Å². The summed E-state index contributed by atoms with van der Waals surface area (Å²) in [6.45, 7) is 4.42. The van der Waals surface area contributed by atoms with Crippen LogP contribution >= 0.6 is 0 Å². The minimum absolute atomic E-state index is 0.272. The number of aryl methyl sites for hydroxylation is 1. The highest BCUT2D eigenvalue weighted by Gasteiger charge is 2.34. The fourth-order valence-corrected chi connectivity index (χ4v) is 2.95. The summed E-state index contributed by atoms with van der Waals surface area (Å²) in [6, 6.07) is 10.9. The summed E-state index contributed by atoms with van der Waals surface area (Å²) in [7, 11) is 0. The van der Waals surface area contributed by atoms with E-state index in [4.69, 9.17) is 5.73 Å². The van der Waals surface area contributed by atoms with E-state index in [-0.39, 0.29) is 6.04 Å². The molecule has 1 aromatic rings. The van der Waals surface area contributed by atoms with E-state index < -0.39 is 0 Å². The van der Waals surface area contributed by atoms with Gasteiger partial charge in [0.1, 0.15) is 0 Å². The lowest BCUT2D eigenvalue weighted by Crippen LogP contribution is -2.43. The second-order valence-corrected chi connectivity index (χ2v) is 6.12. The third-order valence-electron chi connectivity index (χ3n) is 4.72. The maximum absolute atomic E-state index is 6.19. The molecule has 1 aliphatic rings. The summed E-state index contributed by atoms with van der Waals surface area (Å²) in [5, 5.41) is 3.59. The average Bonchev–Trinajstić information content (AvgIpc) is 2.41. The molecule has 2 heteroatoms. The van der Waals surface area contributed by atoms with Crippen LogP contribution in [0, 0.1) is 5.41 Å². The van der Waals surface area contributed by atoms with Crippen LogP contribution in [0.15, 0.2) is 30.3 Å². The molecule has 2 rings (SSSR count). The van der Waals surface area contributed by atoms with Gasteiger partial charge in [-0.05, 0) is 43.1 Å². The summed E-state index contributed by atoms with van der Waals surface area (Å²) in [6.07, 6.45) is 7.67. The number of nitrogens with two attached hydrogens (primary N) is 1. The molecule has 3 N–H and O–H groups in total. The maximum atomic E-state index is 6.19. The van der Waals surface area contributed by atoms with Gasteiger partial charge in [-0.25, -0.2) is 0 Å². The molecule has 0 bridgehead atoms. The molecular formula is C17H28N2. The first-order valence-electron chi connectivity index (χ1n) is 7.74. The molecule has 0 amide bonds. The van der Waals surface area contributed by atoms with E-state index in [0.29, 0.717) is 5.41 Å². The highest BCUT2D eigenvalue weighted by atomic mass is 14.9. The van der Waals surface area contributed by atoms with Gasteiger partial charge in [0, 0.05) is 19.1 Å². The van der Waals surface area contributed by atoms with E-state index >= 15 is 0 Å². The van der Waals surface area contributed by atoms with Crippen LogP contribution in [0.1, 0.15) is 44.6 Å². The first kappa shape index (κ1) is 14.5. The van der Waals surface area contributed by atoms with Crippen LogP contribution in [-0.2, 0) is 6.42 Å². The lowest BCUT2D eigenvalue weighted by molar-refractivity contribution is 0.123. The van der Waals surface area contributed by atoms with Gasteiger partial charge < -0.3 is 11.1 Å². The molecule has 1 unspecified atom stereocenters. The Kier molecular flexibility index (Phi) is 5.41. The van der Waals surface area contributed by atoms with Crippen LogP contribution in [0.5, 0.6) is 0 Å². The minimum atomic E-state index is 0.272. The van der Waals surface area contributed by atoms with Gasteiger partial charge in [0.25, 0.3) is 0 Å². The molecule has 0 heterocycles. The Morgan fingerprint density at radius 3 is 2.58 bits per heavy atom. The van der Waals surface area contributed by atoms with Crippen molar-refractivity contribution >= 4 is 0 Å². The fraction of sp³-hybridized carbons (Fsp3) is 0.647. The SMILES string of the molecule is CCC1(CNCC(N)CCc2ccccc2)CCC1. The summed E-state index contributed by atoms with van der Waals surface area (Å²) in [5.74, 6) is 0. The van der Waals surface area contributed by atoms with Gasteiger partial charge in [0.2, 0.25) is 0 Å². The van der Waals surface area contributed by atoms with Gasteiger partial charge in [-0.2, -0.15) is 0 Å². The smallest absolute Gasteiger partial charge is 0.0168 e. The molecule has 1 aliphatic carbocycles. The summed E-state index contributed by atoms with van der Waals surface area (Å²) >= 11 is 0. The highest BCUT2D eigenvalue weighted by molar-refractivity contribution is 5.14. The van der Waals surface area contributed by atoms with Crippen LogP contribution < -0.4 is 11.1 Å². The van der Waals surface area contributed by atoms with Crippen molar-refractivity contribution in [3.05, 3.63) is 35.9 Å². The molecule has 0 saturated heterocycles. The predicted molar refractivity (Wildman–Crippen MR) is 82.2 cm³/mol. The fourth-order valence-electron chi connectivity index (χ4n) is 2.95. The third kappa shape index (κ3) is 4.32. The van der Waals surface area contributed by atoms with Crippen molar-refractivity contribution in [3.8, 4) is 0 Å². The van der Waals surface area contributed by atoms with Crippen molar-refractivity contribution in [2.24, 2.45) is 11.1 Å². The number of hydrogen-bond acceptors (Lipinski definition) is 2. The normalized spacial score (nSPS) is 18.8. The van der Waals surface area contributed by atoms with Crippen LogP contribution in [0.2, 0.25) is 0 Å². The average molecular weight is 260 g/mol. The number of nitrogens with one attached hydrogen (secondary N) is 1. The Balaban J connectivity index is 1.61. The summed E-state index contributed by atoms with van der Waals surface area (Å²) in [4.78, 5) is 0. The zero-order valence-corrected chi connectivity index (χ0v) is 12.2. The maximum Gasteiger partial charge on any atom is 0.0168 e. The van der Waals surface area contributed by atoms with Crippen molar-refractivity contribution in [3.63, 3.8) is 0 Å². The van der Waals surface area contributed by atoms with Crippen molar-refractivity contribution in [1.29, 1.82) is 0 Å². The summed E-state index contributed by atoms with van der Waals surface area (Å²) in [5.41, 5.74) is 8.18. The third-order valence-corrected chi connectivity index (χ3v) is 4.72. The topological polar surface area (TPSA) is 38.0 Å². The van der Waals surface area contributed by atoms with Gasteiger partial charge in [-0.3, -0.25) is 0 Å².